The summed E-state index contributed by atoms with van der Waals surface area (Å²) in [6.07, 6.45) is 57.0. The first-order chi connectivity index (χ1) is 45.5. The fourth-order valence-electron chi connectivity index (χ4n) is 11.5. The number of phosphoric acid groups is 2. The van der Waals surface area contributed by atoms with E-state index in [1.54, 1.807) is 0 Å². The summed E-state index contributed by atoms with van der Waals surface area (Å²) in [5, 5.41) is 10.6. The molecule has 19 heteroatoms. The molecule has 0 bridgehead atoms. The lowest BCUT2D eigenvalue weighted by Gasteiger charge is -2.21. The zero-order valence-corrected chi connectivity index (χ0v) is 62.9. The predicted molar refractivity (Wildman–Crippen MR) is 382 cm³/mol. The highest BCUT2D eigenvalue weighted by Gasteiger charge is 2.30. The van der Waals surface area contributed by atoms with Crippen LogP contribution in [0.5, 0.6) is 0 Å². The van der Waals surface area contributed by atoms with E-state index in [1.165, 1.54) is 205 Å². The van der Waals surface area contributed by atoms with Crippen LogP contribution in [0.2, 0.25) is 0 Å². The number of carbonyl (C=O) groups excluding carboxylic acids is 4. The maximum absolute atomic E-state index is 13.1. The second-order valence-corrected chi connectivity index (χ2v) is 30.4. The topological polar surface area (TPSA) is 237 Å². The molecule has 0 aromatic rings. The van der Waals surface area contributed by atoms with Crippen molar-refractivity contribution in [1.82, 2.24) is 0 Å². The zero-order chi connectivity index (χ0) is 69.1. The van der Waals surface area contributed by atoms with Crippen LogP contribution in [0, 0.1) is 5.92 Å². The Hall–Kier alpha value is -1.94. The number of phosphoric ester groups is 2. The lowest BCUT2D eigenvalue weighted by atomic mass is 10.0. The summed E-state index contributed by atoms with van der Waals surface area (Å²) in [7, 11) is -9.90. The molecule has 0 radical (unpaired) electrons. The summed E-state index contributed by atoms with van der Waals surface area (Å²) in [5.74, 6) is -1.33. The van der Waals surface area contributed by atoms with Crippen molar-refractivity contribution < 1.29 is 80.2 Å². The van der Waals surface area contributed by atoms with E-state index in [9.17, 15) is 43.2 Å². The van der Waals surface area contributed by atoms with E-state index in [-0.39, 0.29) is 25.7 Å². The molecule has 17 nitrogen and oxygen atoms in total. The van der Waals surface area contributed by atoms with Crippen LogP contribution in [0.3, 0.4) is 0 Å². The molecule has 0 aromatic carbocycles. The van der Waals surface area contributed by atoms with Gasteiger partial charge in [-0.25, -0.2) is 9.13 Å². The average molecular weight is 1380 g/mol. The Morgan fingerprint density at radius 3 is 0.723 bits per heavy atom. The number of hydrogen-bond acceptors (Lipinski definition) is 15. The van der Waals surface area contributed by atoms with Gasteiger partial charge in [-0.1, -0.05) is 343 Å². The minimum Gasteiger partial charge on any atom is -0.462 e. The van der Waals surface area contributed by atoms with Crippen molar-refractivity contribution in [2.45, 2.75) is 412 Å². The fourth-order valence-corrected chi connectivity index (χ4v) is 13.1. The minimum atomic E-state index is -4.96. The first-order valence-corrected chi connectivity index (χ1v) is 42.1. The number of ether oxygens (including phenoxy) is 4. The molecule has 3 N–H and O–H groups in total. The van der Waals surface area contributed by atoms with Gasteiger partial charge in [-0.15, -0.1) is 0 Å². The number of hydrogen-bond donors (Lipinski definition) is 3. The predicted octanol–water partition coefficient (Wildman–Crippen LogP) is 22.1. The molecule has 0 saturated heterocycles. The van der Waals surface area contributed by atoms with Crippen LogP contribution in [0.15, 0.2) is 0 Å². The molecule has 94 heavy (non-hydrogen) atoms. The molecule has 0 heterocycles. The quantitative estimate of drug-likeness (QED) is 0.0222. The third-order valence-corrected chi connectivity index (χ3v) is 19.4. The molecule has 0 rings (SSSR count). The highest BCUT2D eigenvalue weighted by Crippen LogP contribution is 2.45. The molecule has 0 fully saturated rings. The van der Waals surface area contributed by atoms with Gasteiger partial charge in [-0.3, -0.25) is 37.3 Å². The van der Waals surface area contributed by atoms with Crippen LogP contribution in [0.1, 0.15) is 394 Å². The molecule has 2 unspecified atom stereocenters. The van der Waals surface area contributed by atoms with Crippen molar-refractivity contribution in [1.29, 1.82) is 0 Å². The van der Waals surface area contributed by atoms with E-state index in [2.05, 4.69) is 34.6 Å². The van der Waals surface area contributed by atoms with E-state index in [1.807, 2.05) is 0 Å². The van der Waals surface area contributed by atoms with Gasteiger partial charge in [0.05, 0.1) is 26.4 Å². The van der Waals surface area contributed by atoms with Crippen molar-refractivity contribution >= 4 is 39.5 Å². The number of aliphatic hydroxyl groups excluding tert-OH is 1. The summed E-state index contributed by atoms with van der Waals surface area (Å²) in [6, 6.07) is 0. The van der Waals surface area contributed by atoms with Crippen molar-refractivity contribution in [2.75, 3.05) is 39.6 Å². The van der Waals surface area contributed by atoms with Gasteiger partial charge in [0.15, 0.2) is 12.2 Å². The smallest absolute Gasteiger partial charge is 0.462 e. The minimum absolute atomic E-state index is 0.107. The molecule has 0 amide bonds. The summed E-state index contributed by atoms with van der Waals surface area (Å²) in [6.45, 7) is 7.26. The molecule has 558 valence electrons. The van der Waals surface area contributed by atoms with Crippen LogP contribution in [-0.2, 0) is 65.4 Å². The van der Waals surface area contributed by atoms with E-state index >= 15 is 0 Å². The van der Waals surface area contributed by atoms with Crippen molar-refractivity contribution in [2.24, 2.45) is 5.92 Å². The Kier molecular flexibility index (Phi) is 66.8. The van der Waals surface area contributed by atoms with E-state index in [4.69, 9.17) is 37.0 Å². The number of carbonyl (C=O) groups is 4. The monoisotopic (exact) mass is 1380 g/mol. The number of esters is 4. The molecular formula is C75H146O17P2. The van der Waals surface area contributed by atoms with E-state index < -0.39 is 97.5 Å². The standard InChI is InChI=1S/C75H146O17P2/c1-6-9-12-15-18-20-22-24-25-26-27-28-29-32-37-41-46-51-56-61-75(80)92-71(65-86-73(78)59-54-49-44-39-36-33-30-31-34-38-43-47-52-57-68(4)5)67-90-94(83,84)88-63-69(76)62-87-93(81,82)89-66-70(64-85-72(77)58-53-48-42-17-14-11-8-3)91-74(79)60-55-50-45-40-35-23-21-19-16-13-10-7-2/h68-71,76H,6-67H2,1-5H3,(H,81,82)(H,83,84)/t69-,70+,71+/m0/s1. The number of unbranched alkanes of at least 4 members (excludes halogenated alkanes) is 47. The zero-order valence-electron chi connectivity index (χ0n) is 61.1. The van der Waals surface area contributed by atoms with Crippen LogP contribution in [0.4, 0.5) is 0 Å². The number of aliphatic hydroxyl groups is 1. The maximum Gasteiger partial charge on any atom is 0.472 e. The van der Waals surface area contributed by atoms with Gasteiger partial charge in [-0.2, -0.15) is 0 Å². The van der Waals surface area contributed by atoms with Gasteiger partial charge in [0.2, 0.25) is 0 Å². The van der Waals surface area contributed by atoms with Crippen molar-refractivity contribution in [3.63, 3.8) is 0 Å². The van der Waals surface area contributed by atoms with Crippen LogP contribution < -0.4 is 0 Å². The second kappa shape index (κ2) is 68.2. The van der Waals surface area contributed by atoms with Crippen molar-refractivity contribution in [3.05, 3.63) is 0 Å². The summed E-state index contributed by atoms with van der Waals surface area (Å²) in [5.41, 5.74) is 0. The highest BCUT2D eigenvalue weighted by atomic mass is 31.2. The lowest BCUT2D eigenvalue weighted by molar-refractivity contribution is -0.161. The normalized spacial score (nSPS) is 14.0. The first kappa shape index (κ1) is 92.1. The van der Waals surface area contributed by atoms with Gasteiger partial charge in [-0.05, 0) is 31.6 Å². The second-order valence-electron chi connectivity index (χ2n) is 27.5. The van der Waals surface area contributed by atoms with E-state index in [0.29, 0.717) is 25.7 Å². The van der Waals surface area contributed by atoms with E-state index in [0.717, 1.165) is 109 Å². The Labute approximate surface area is 575 Å². The fraction of sp³-hybridized carbons (Fsp3) is 0.947. The van der Waals surface area contributed by atoms with Crippen LogP contribution in [-0.4, -0.2) is 96.7 Å². The summed E-state index contributed by atoms with van der Waals surface area (Å²) in [4.78, 5) is 72.6. The summed E-state index contributed by atoms with van der Waals surface area (Å²) < 4.78 is 68.4. The molecule has 5 atom stereocenters. The first-order valence-electron chi connectivity index (χ1n) is 39.1. The van der Waals surface area contributed by atoms with Crippen LogP contribution >= 0.6 is 15.6 Å². The molecule has 0 aromatic heterocycles. The Bertz CT molecular complexity index is 1810. The lowest BCUT2D eigenvalue weighted by Crippen LogP contribution is -2.30. The Morgan fingerprint density at radius 1 is 0.287 bits per heavy atom. The highest BCUT2D eigenvalue weighted by molar-refractivity contribution is 7.47. The molecule has 0 aliphatic rings. The largest absolute Gasteiger partial charge is 0.472 e. The molecule has 0 spiro atoms. The van der Waals surface area contributed by atoms with Gasteiger partial charge in [0.25, 0.3) is 0 Å². The molecule has 0 aliphatic carbocycles. The van der Waals surface area contributed by atoms with Crippen LogP contribution in [0.25, 0.3) is 0 Å². The van der Waals surface area contributed by atoms with Gasteiger partial charge < -0.3 is 33.8 Å². The van der Waals surface area contributed by atoms with Gasteiger partial charge >= 0.3 is 39.5 Å². The molecular weight excluding hydrogens is 1230 g/mol. The third-order valence-electron chi connectivity index (χ3n) is 17.5. The van der Waals surface area contributed by atoms with Gasteiger partial charge in [0.1, 0.15) is 19.3 Å². The maximum atomic E-state index is 13.1. The molecule has 0 aliphatic heterocycles. The van der Waals surface area contributed by atoms with Gasteiger partial charge in [0, 0.05) is 25.7 Å². The Morgan fingerprint density at radius 2 is 0.489 bits per heavy atom. The SMILES string of the molecule is CCCCCCCCCCCCCCCCCCCCCC(=O)O[C@H](COC(=O)CCCCCCCCCCCCCCCC(C)C)COP(=O)(O)OC[C@@H](O)COP(=O)(O)OC[C@@H](COC(=O)CCCCCCCCC)OC(=O)CCCCCCCCCCCCCC. The molecule has 0 saturated carbocycles. The average Bonchev–Trinajstić information content (AvgIpc) is 2.88. The summed E-state index contributed by atoms with van der Waals surface area (Å²) >= 11 is 0. The Balaban J connectivity index is 5.18. The third kappa shape index (κ3) is 68.6. The number of rotatable bonds is 75. The van der Waals surface area contributed by atoms with Crippen molar-refractivity contribution in [3.8, 4) is 0 Å².